The molecule has 1 unspecified atom stereocenters. The number of aromatic nitrogens is 1. The summed E-state index contributed by atoms with van der Waals surface area (Å²) in [4.78, 5) is 33.2. The molecule has 8 heteroatoms. The number of unbranched alkanes of at least 4 members (excludes halogenated alkanes) is 1. The van der Waals surface area contributed by atoms with Gasteiger partial charge in [0.05, 0.1) is 35.5 Å². The van der Waals surface area contributed by atoms with Gasteiger partial charge in [-0.2, -0.15) is 0 Å². The van der Waals surface area contributed by atoms with Gasteiger partial charge in [-0.3, -0.25) is 14.5 Å². The Bertz CT molecular complexity index is 1560. The molecule has 7 nitrogen and oxygen atoms in total. The van der Waals surface area contributed by atoms with Gasteiger partial charge < -0.3 is 14.6 Å². The number of hydrogen-bond acceptors (Lipinski definition) is 7. The average molecular weight is 543 g/mol. The Morgan fingerprint density at radius 1 is 1.03 bits per heavy atom. The number of benzene rings is 3. The van der Waals surface area contributed by atoms with E-state index in [0.717, 1.165) is 29.5 Å². The van der Waals surface area contributed by atoms with Crippen molar-refractivity contribution in [2.45, 2.75) is 39.2 Å². The summed E-state index contributed by atoms with van der Waals surface area (Å²) in [5.74, 6) is -0.476. The number of thiazole rings is 1. The first-order valence-corrected chi connectivity index (χ1v) is 13.8. The van der Waals surface area contributed by atoms with Crippen LogP contribution in [0.5, 0.6) is 11.5 Å². The first-order valence-electron chi connectivity index (χ1n) is 13.0. The molecule has 0 radical (unpaired) electrons. The van der Waals surface area contributed by atoms with Gasteiger partial charge >= 0.3 is 5.91 Å². The molecule has 1 aliphatic heterocycles. The number of ether oxygens (including phenoxy) is 2. The van der Waals surface area contributed by atoms with Crippen LogP contribution in [0.2, 0.25) is 0 Å². The highest BCUT2D eigenvalue weighted by Gasteiger charge is 2.48. The van der Waals surface area contributed by atoms with Crippen LogP contribution in [0.4, 0.5) is 5.13 Å². The fraction of sp³-hybridized carbons (Fsp3) is 0.258. The van der Waals surface area contributed by atoms with E-state index in [0.29, 0.717) is 39.9 Å². The molecular weight excluding hydrogens is 512 g/mol. The Kier molecular flexibility index (Phi) is 7.65. The Labute approximate surface area is 231 Å². The van der Waals surface area contributed by atoms with Crippen molar-refractivity contribution in [2.75, 3.05) is 18.6 Å². The van der Waals surface area contributed by atoms with E-state index >= 15 is 0 Å². The summed E-state index contributed by atoms with van der Waals surface area (Å²) in [6.07, 6.45) is 2.76. The summed E-state index contributed by atoms with van der Waals surface area (Å²) in [6.45, 7) is 4.70. The average Bonchev–Trinajstić information content (AvgIpc) is 3.50. The maximum atomic E-state index is 13.5. The van der Waals surface area contributed by atoms with E-state index in [1.54, 1.807) is 37.4 Å². The van der Waals surface area contributed by atoms with E-state index in [-0.39, 0.29) is 11.3 Å². The summed E-state index contributed by atoms with van der Waals surface area (Å²) in [7, 11) is 1.59. The first-order chi connectivity index (χ1) is 18.9. The highest BCUT2D eigenvalue weighted by Crippen LogP contribution is 2.44. The van der Waals surface area contributed by atoms with Crippen molar-refractivity contribution in [2.24, 2.45) is 0 Å². The quantitative estimate of drug-likeness (QED) is 0.110. The lowest BCUT2D eigenvalue weighted by Gasteiger charge is -2.23. The van der Waals surface area contributed by atoms with E-state index in [9.17, 15) is 14.7 Å². The highest BCUT2D eigenvalue weighted by molar-refractivity contribution is 7.22. The molecule has 1 atom stereocenters. The zero-order chi connectivity index (χ0) is 27.5. The van der Waals surface area contributed by atoms with Gasteiger partial charge in [-0.1, -0.05) is 68.0 Å². The van der Waals surface area contributed by atoms with Crippen LogP contribution in [0, 0.1) is 0 Å². The molecule has 4 aromatic rings. The largest absolute Gasteiger partial charge is 0.507 e. The number of aryl methyl sites for hydroxylation is 1. The minimum Gasteiger partial charge on any atom is -0.507 e. The van der Waals surface area contributed by atoms with Crippen LogP contribution in [-0.4, -0.2) is 35.5 Å². The smallest absolute Gasteiger partial charge is 0.301 e. The number of hydrogen-bond donors (Lipinski definition) is 1. The minimum absolute atomic E-state index is 0.0202. The summed E-state index contributed by atoms with van der Waals surface area (Å²) < 4.78 is 12.0. The Morgan fingerprint density at radius 3 is 2.54 bits per heavy atom. The molecular formula is C31H30N2O5S. The standard InChI is InChI=1S/C31H30N2O5S/c1-4-6-16-38-23-9-7-8-21(17-23)28(34)26-27(20-12-10-19(5-2)11-13-20)33(30(36)29(26)35)31-32-24-15-14-22(37-3)18-25(24)39-31/h7-15,17-18,27,34H,4-6,16H2,1-3H3/b28-26+. The maximum absolute atomic E-state index is 13.5. The molecule has 0 aliphatic carbocycles. The third-order valence-electron chi connectivity index (χ3n) is 6.81. The van der Waals surface area contributed by atoms with Gasteiger partial charge in [-0.25, -0.2) is 4.98 Å². The number of ketones is 1. The molecule has 1 saturated heterocycles. The normalized spacial score (nSPS) is 16.7. The summed E-state index contributed by atoms with van der Waals surface area (Å²) in [6, 6.07) is 19.3. The van der Waals surface area contributed by atoms with Crippen LogP contribution in [0.15, 0.2) is 72.3 Å². The second-order valence-corrected chi connectivity index (χ2v) is 10.3. The van der Waals surface area contributed by atoms with E-state index in [4.69, 9.17) is 9.47 Å². The van der Waals surface area contributed by atoms with Gasteiger partial charge in [-0.15, -0.1) is 0 Å². The molecule has 1 aliphatic rings. The highest BCUT2D eigenvalue weighted by atomic mass is 32.1. The number of carbonyl (C=O) groups is 2. The van der Waals surface area contributed by atoms with Gasteiger partial charge in [0.25, 0.3) is 5.78 Å². The fourth-order valence-corrected chi connectivity index (χ4v) is 5.65. The van der Waals surface area contributed by atoms with Crippen LogP contribution in [0.1, 0.15) is 49.4 Å². The van der Waals surface area contributed by atoms with Crippen molar-refractivity contribution in [3.63, 3.8) is 0 Å². The lowest BCUT2D eigenvalue weighted by atomic mass is 9.94. The van der Waals surface area contributed by atoms with E-state index in [1.807, 2.05) is 36.4 Å². The van der Waals surface area contributed by atoms with Crippen molar-refractivity contribution < 1.29 is 24.2 Å². The van der Waals surface area contributed by atoms with Gasteiger partial charge in [0.15, 0.2) is 5.13 Å². The number of methoxy groups -OCH3 is 1. The van der Waals surface area contributed by atoms with Gasteiger partial charge in [0, 0.05) is 5.56 Å². The van der Waals surface area contributed by atoms with Crippen LogP contribution in [0.25, 0.3) is 16.0 Å². The van der Waals surface area contributed by atoms with Crippen molar-refractivity contribution in [1.29, 1.82) is 0 Å². The lowest BCUT2D eigenvalue weighted by Crippen LogP contribution is -2.29. The third kappa shape index (κ3) is 5.12. The molecule has 0 bridgehead atoms. The third-order valence-corrected chi connectivity index (χ3v) is 7.83. The number of Topliss-reactive ketones (excluding diaryl/α,β-unsaturated/α-hetero) is 1. The lowest BCUT2D eigenvalue weighted by molar-refractivity contribution is -0.132. The number of rotatable bonds is 9. The van der Waals surface area contributed by atoms with Crippen LogP contribution in [-0.2, 0) is 16.0 Å². The SMILES string of the molecule is CCCCOc1cccc(/C(O)=C2\C(=O)C(=O)N(c3nc4ccc(OC)cc4s3)C2c2ccc(CC)cc2)c1. The number of amides is 1. The van der Waals surface area contributed by atoms with E-state index in [1.165, 1.54) is 16.2 Å². The Hall–Kier alpha value is -4.17. The molecule has 200 valence electrons. The van der Waals surface area contributed by atoms with E-state index in [2.05, 4.69) is 18.8 Å². The predicted octanol–water partition coefficient (Wildman–Crippen LogP) is 6.67. The first kappa shape index (κ1) is 26.4. The molecule has 1 N–H and O–H groups in total. The monoisotopic (exact) mass is 542 g/mol. The van der Waals surface area contributed by atoms with Crippen molar-refractivity contribution in [3.8, 4) is 11.5 Å². The van der Waals surface area contributed by atoms with Crippen LogP contribution in [0.3, 0.4) is 0 Å². The minimum atomic E-state index is -0.844. The molecule has 3 aromatic carbocycles. The van der Waals surface area contributed by atoms with Crippen molar-refractivity contribution in [1.82, 2.24) is 4.98 Å². The van der Waals surface area contributed by atoms with Crippen molar-refractivity contribution >= 4 is 44.1 Å². The number of nitrogens with zero attached hydrogens (tertiary/aromatic N) is 2. The number of aliphatic hydroxyl groups excluding tert-OH is 1. The molecule has 39 heavy (non-hydrogen) atoms. The number of fused-ring (bicyclic) bond motifs is 1. The molecule has 2 heterocycles. The van der Waals surface area contributed by atoms with Crippen LogP contribution < -0.4 is 14.4 Å². The number of carbonyl (C=O) groups excluding carboxylic acids is 2. The molecule has 0 saturated carbocycles. The zero-order valence-electron chi connectivity index (χ0n) is 22.1. The van der Waals surface area contributed by atoms with Gasteiger partial charge in [0.2, 0.25) is 0 Å². The summed E-state index contributed by atoms with van der Waals surface area (Å²) >= 11 is 1.30. The zero-order valence-corrected chi connectivity index (χ0v) is 23.0. The predicted molar refractivity (Wildman–Crippen MR) is 154 cm³/mol. The molecule has 5 rings (SSSR count). The second-order valence-electron chi connectivity index (χ2n) is 9.32. The van der Waals surface area contributed by atoms with Gasteiger partial charge in [-0.05, 0) is 54.3 Å². The molecule has 1 aromatic heterocycles. The van der Waals surface area contributed by atoms with E-state index < -0.39 is 17.7 Å². The summed E-state index contributed by atoms with van der Waals surface area (Å²) in [5.41, 5.74) is 2.95. The number of aliphatic hydroxyl groups is 1. The van der Waals surface area contributed by atoms with Crippen molar-refractivity contribution in [3.05, 3.63) is 89.0 Å². The second kappa shape index (κ2) is 11.3. The Balaban J connectivity index is 1.64. The van der Waals surface area contributed by atoms with Gasteiger partial charge in [0.1, 0.15) is 17.3 Å². The molecule has 1 fully saturated rings. The van der Waals surface area contributed by atoms with Crippen LogP contribution >= 0.6 is 11.3 Å². The maximum Gasteiger partial charge on any atom is 0.301 e. The molecule has 0 spiro atoms. The molecule has 1 amide bonds. The topological polar surface area (TPSA) is 89.0 Å². The number of anilines is 1. The Morgan fingerprint density at radius 2 is 1.82 bits per heavy atom. The summed E-state index contributed by atoms with van der Waals surface area (Å²) in [5, 5.41) is 11.9. The fourth-order valence-electron chi connectivity index (χ4n) is 4.63.